The molecule has 1 aliphatic rings. The summed E-state index contributed by atoms with van der Waals surface area (Å²) in [6.45, 7) is 1.54. The number of hydrogen-bond acceptors (Lipinski definition) is 6. The third kappa shape index (κ3) is 4.51. The summed E-state index contributed by atoms with van der Waals surface area (Å²) in [6.07, 6.45) is 4.61. The third-order valence-electron chi connectivity index (χ3n) is 5.98. The normalized spacial score (nSPS) is 17.3. The molecule has 0 saturated carbocycles. The van der Waals surface area contributed by atoms with Gasteiger partial charge in [-0.15, -0.1) is 0 Å². The van der Waals surface area contributed by atoms with Gasteiger partial charge in [-0.05, 0) is 43.1 Å². The number of methoxy groups -OCH3 is 3. The Hall–Kier alpha value is -3.06. The number of hydrogen-bond donors (Lipinski definition) is 1. The van der Waals surface area contributed by atoms with Gasteiger partial charge in [0.1, 0.15) is 11.6 Å². The number of likely N-dealkylation sites (tertiary alicyclic amines) is 1. The molecule has 4 rings (SSSR count). The summed E-state index contributed by atoms with van der Waals surface area (Å²) in [6, 6.07) is 12.0. The molecule has 0 amide bonds. The summed E-state index contributed by atoms with van der Waals surface area (Å²) in [7, 11) is 4.81. The van der Waals surface area contributed by atoms with E-state index in [4.69, 9.17) is 19.2 Å². The molecule has 7 heteroatoms. The van der Waals surface area contributed by atoms with Gasteiger partial charge in [0.2, 0.25) is 0 Å². The van der Waals surface area contributed by atoms with Crippen LogP contribution in [-0.2, 0) is 6.54 Å². The van der Waals surface area contributed by atoms with Crippen LogP contribution >= 0.6 is 0 Å². The fourth-order valence-corrected chi connectivity index (χ4v) is 4.34. The number of nitrogens with zero attached hydrogens (tertiary/aromatic N) is 2. The highest BCUT2D eigenvalue weighted by Gasteiger charge is 2.24. The van der Waals surface area contributed by atoms with Crippen molar-refractivity contribution < 1.29 is 14.2 Å². The highest BCUT2D eigenvalue weighted by atomic mass is 16.5. The Morgan fingerprint density at radius 1 is 1.00 bits per heavy atom. The molecule has 2 aromatic carbocycles. The van der Waals surface area contributed by atoms with Gasteiger partial charge in [0.15, 0.2) is 11.5 Å². The fourth-order valence-electron chi connectivity index (χ4n) is 4.34. The van der Waals surface area contributed by atoms with Crippen LogP contribution in [0.5, 0.6) is 17.2 Å². The Kier molecular flexibility index (Phi) is 6.42. The summed E-state index contributed by atoms with van der Waals surface area (Å²) >= 11 is 0. The highest BCUT2D eigenvalue weighted by molar-refractivity contribution is 5.81. The number of H-pyrrole nitrogens is 1. The molecule has 7 nitrogen and oxygen atoms in total. The summed E-state index contributed by atoms with van der Waals surface area (Å²) in [4.78, 5) is 22.9. The number of aromatic amines is 1. The number of ether oxygens (including phenoxy) is 3. The average Bonchev–Trinajstić information content (AvgIpc) is 3.03. The summed E-state index contributed by atoms with van der Waals surface area (Å²) < 4.78 is 16.0. The lowest BCUT2D eigenvalue weighted by Crippen LogP contribution is -2.30. The fraction of sp³-hybridized carbons (Fsp3) is 0.417. The van der Waals surface area contributed by atoms with E-state index >= 15 is 0 Å². The molecular formula is C24H29N3O4. The molecule has 1 aliphatic heterocycles. The maximum atomic E-state index is 12.8. The Balaban J connectivity index is 1.66. The molecular weight excluding hydrogens is 394 g/mol. The van der Waals surface area contributed by atoms with Crippen molar-refractivity contribution >= 4 is 10.9 Å². The Bertz CT molecular complexity index is 1090. The van der Waals surface area contributed by atoms with Crippen molar-refractivity contribution in [2.75, 3.05) is 27.9 Å². The number of rotatable bonds is 6. The van der Waals surface area contributed by atoms with Crippen LogP contribution in [0.3, 0.4) is 0 Å². The van der Waals surface area contributed by atoms with Crippen LogP contribution in [0.2, 0.25) is 0 Å². The number of aromatic nitrogens is 2. The molecule has 0 aliphatic carbocycles. The zero-order valence-corrected chi connectivity index (χ0v) is 18.3. The minimum Gasteiger partial charge on any atom is -0.497 e. The smallest absolute Gasteiger partial charge is 0.258 e. The van der Waals surface area contributed by atoms with Crippen LogP contribution in [0, 0.1) is 0 Å². The molecule has 31 heavy (non-hydrogen) atoms. The molecule has 3 aromatic rings. The number of nitrogens with one attached hydrogen (secondary N) is 1. The topological polar surface area (TPSA) is 76.7 Å². The molecule has 0 unspecified atom stereocenters. The van der Waals surface area contributed by atoms with Crippen molar-refractivity contribution in [2.24, 2.45) is 0 Å². The van der Waals surface area contributed by atoms with Gasteiger partial charge in [0, 0.05) is 12.1 Å². The molecule has 1 N–H and O–H groups in total. The van der Waals surface area contributed by atoms with Crippen molar-refractivity contribution in [3.05, 3.63) is 58.1 Å². The van der Waals surface area contributed by atoms with Gasteiger partial charge in [-0.2, -0.15) is 0 Å². The quantitative estimate of drug-likeness (QED) is 0.644. The monoisotopic (exact) mass is 423 g/mol. The lowest BCUT2D eigenvalue weighted by atomic mass is 10.0. The Labute approximate surface area is 182 Å². The van der Waals surface area contributed by atoms with Crippen LogP contribution in [-0.4, -0.2) is 42.7 Å². The van der Waals surface area contributed by atoms with Crippen LogP contribution < -0.4 is 19.8 Å². The van der Waals surface area contributed by atoms with Crippen molar-refractivity contribution in [1.82, 2.24) is 14.9 Å². The lowest BCUT2D eigenvalue weighted by Gasteiger charge is -2.30. The molecule has 1 atom stereocenters. The minimum absolute atomic E-state index is 0.170. The van der Waals surface area contributed by atoms with Crippen LogP contribution in [0.4, 0.5) is 0 Å². The van der Waals surface area contributed by atoms with Gasteiger partial charge in [0.05, 0.1) is 38.8 Å². The first kappa shape index (κ1) is 21.2. The minimum atomic E-state index is -0.170. The second-order valence-corrected chi connectivity index (χ2v) is 7.85. The SMILES string of the molecule is COc1ccc([C@H]2CCCCCN2Cc2nc3cc(OC)c(OC)cc3c(=O)[nH]2)cc1. The summed E-state index contributed by atoms with van der Waals surface area (Å²) in [5.41, 5.74) is 1.70. The summed E-state index contributed by atoms with van der Waals surface area (Å²) in [5.74, 6) is 2.59. The van der Waals surface area contributed by atoms with E-state index in [1.165, 1.54) is 18.4 Å². The molecule has 0 bridgehead atoms. The van der Waals surface area contributed by atoms with Crippen LogP contribution in [0.25, 0.3) is 10.9 Å². The Morgan fingerprint density at radius 3 is 2.45 bits per heavy atom. The molecule has 2 heterocycles. The van der Waals surface area contributed by atoms with E-state index in [-0.39, 0.29) is 11.6 Å². The first-order valence-electron chi connectivity index (χ1n) is 10.7. The van der Waals surface area contributed by atoms with Gasteiger partial charge >= 0.3 is 0 Å². The third-order valence-corrected chi connectivity index (χ3v) is 5.98. The highest BCUT2D eigenvalue weighted by Crippen LogP contribution is 2.33. The largest absolute Gasteiger partial charge is 0.497 e. The maximum absolute atomic E-state index is 12.8. The van der Waals surface area contributed by atoms with Gasteiger partial charge < -0.3 is 19.2 Å². The van der Waals surface area contributed by atoms with Crippen molar-refractivity contribution in [2.45, 2.75) is 38.3 Å². The van der Waals surface area contributed by atoms with Gasteiger partial charge in [0.25, 0.3) is 5.56 Å². The first-order valence-corrected chi connectivity index (χ1v) is 10.7. The first-order chi connectivity index (χ1) is 15.1. The second-order valence-electron chi connectivity index (χ2n) is 7.85. The Morgan fingerprint density at radius 2 is 1.74 bits per heavy atom. The second kappa shape index (κ2) is 9.39. The van der Waals surface area contributed by atoms with Gasteiger partial charge in [-0.25, -0.2) is 4.98 Å². The van der Waals surface area contributed by atoms with Crippen molar-refractivity contribution in [1.29, 1.82) is 0 Å². The van der Waals surface area contributed by atoms with Crippen LogP contribution in [0.15, 0.2) is 41.2 Å². The zero-order chi connectivity index (χ0) is 21.8. The molecule has 164 valence electrons. The molecule has 1 fully saturated rings. The van der Waals surface area contributed by atoms with E-state index in [2.05, 4.69) is 22.0 Å². The van der Waals surface area contributed by atoms with E-state index in [1.807, 2.05) is 12.1 Å². The summed E-state index contributed by atoms with van der Waals surface area (Å²) in [5, 5.41) is 0.490. The molecule has 1 aromatic heterocycles. The number of benzene rings is 2. The number of fused-ring (bicyclic) bond motifs is 1. The van der Waals surface area contributed by atoms with E-state index in [0.717, 1.165) is 25.1 Å². The van der Waals surface area contributed by atoms with E-state index < -0.39 is 0 Å². The predicted molar refractivity (Wildman–Crippen MR) is 120 cm³/mol. The van der Waals surface area contributed by atoms with Gasteiger partial charge in [-0.3, -0.25) is 9.69 Å². The van der Waals surface area contributed by atoms with Crippen LogP contribution in [0.1, 0.15) is 43.1 Å². The van der Waals surface area contributed by atoms with Gasteiger partial charge in [-0.1, -0.05) is 25.0 Å². The van der Waals surface area contributed by atoms with E-state index in [0.29, 0.717) is 34.8 Å². The van der Waals surface area contributed by atoms with Crippen molar-refractivity contribution in [3.8, 4) is 17.2 Å². The molecule has 1 saturated heterocycles. The van der Waals surface area contributed by atoms with E-state index in [1.54, 1.807) is 33.5 Å². The van der Waals surface area contributed by atoms with Crippen molar-refractivity contribution in [3.63, 3.8) is 0 Å². The zero-order valence-electron chi connectivity index (χ0n) is 18.3. The maximum Gasteiger partial charge on any atom is 0.258 e. The average molecular weight is 424 g/mol. The predicted octanol–water partition coefficient (Wildman–Crippen LogP) is 4.07. The molecule has 0 spiro atoms. The molecule has 0 radical (unpaired) electrons. The lowest BCUT2D eigenvalue weighted by molar-refractivity contribution is 0.187. The standard InChI is InChI=1S/C24H29N3O4/c1-29-17-10-8-16(9-11-17)20-7-5-4-6-12-27(20)15-23-25-19-14-22(31-3)21(30-2)13-18(19)24(28)26-23/h8-11,13-14,20H,4-7,12,15H2,1-3H3,(H,25,26,28)/t20-/m1/s1. The van der Waals surface area contributed by atoms with E-state index in [9.17, 15) is 4.79 Å².